The molecule has 0 aliphatic carbocycles. The number of rotatable bonds is 5. The molecule has 5 nitrogen and oxygen atoms in total. The number of hydrogen-bond donors (Lipinski definition) is 0. The number of benzene rings is 1. The summed E-state index contributed by atoms with van der Waals surface area (Å²) in [5.41, 5.74) is 3.10. The molecule has 0 bridgehead atoms. The fraction of sp³-hybridized carbons (Fsp3) is 0.222. The van der Waals surface area contributed by atoms with Gasteiger partial charge in [-0.15, -0.1) is 11.3 Å². The highest BCUT2D eigenvalue weighted by molar-refractivity contribution is 7.07. The lowest BCUT2D eigenvalue weighted by molar-refractivity contribution is 0.575. The third-order valence-electron chi connectivity index (χ3n) is 3.48. The van der Waals surface area contributed by atoms with Gasteiger partial charge in [0.25, 0.3) is 0 Å². The summed E-state index contributed by atoms with van der Waals surface area (Å²) in [6.07, 6.45) is 3.50. The topological polar surface area (TPSA) is 46.0 Å². The van der Waals surface area contributed by atoms with Crippen molar-refractivity contribution in [3.05, 3.63) is 58.4 Å². The Bertz CT molecular complexity index is 871. The molecule has 3 aromatic rings. The minimum absolute atomic E-state index is 0.713. The molecular weight excluding hydrogens is 320 g/mol. The Kier molecular flexibility index (Phi) is 4.96. The molecule has 0 amide bonds. The Morgan fingerprint density at radius 1 is 1.21 bits per heavy atom. The fourth-order valence-corrected chi connectivity index (χ4v) is 3.11. The van der Waals surface area contributed by atoms with E-state index < -0.39 is 0 Å². The van der Waals surface area contributed by atoms with Gasteiger partial charge in [0.05, 0.1) is 12.5 Å². The molecular formula is C18H20N4OS. The molecule has 0 N–H and O–H groups in total. The van der Waals surface area contributed by atoms with Gasteiger partial charge < -0.3 is 9.32 Å². The number of aromatic nitrogens is 1. The normalized spacial score (nSPS) is 12.2. The monoisotopic (exact) mass is 340 g/mol. The first-order valence-corrected chi connectivity index (χ1v) is 8.63. The Morgan fingerprint density at radius 3 is 2.62 bits per heavy atom. The van der Waals surface area contributed by atoms with Crippen molar-refractivity contribution in [2.24, 2.45) is 10.1 Å². The van der Waals surface area contributed by atoms with Crippen LogP contribution in [0.1, 0.15) is 12.5 Å². The van der Waals surface area contributed by atoms with Gasteiger partial charge in [0.2, 0.25) is 4.80 Å². The molecule has 124 valence electrons. The van der Waals surface area contributed by atoms with E-state index in [1.54, 1.807) is 17.6 Å². The SMILES string of the molecule is CCN=c1scc(-c2ccco2)n1N=Cc1ccc(N(C)C)cc1. The van der Waals surface area contributed by atoms with Crippen LogP contribution >= 0.6 is 11.3 Å². The van der Waals surface area contributed by atoms with Crippen LogP contribution in [0.5, 0.6) is 0 Å². The van der Waals surface area contributed by atoms with E-state index in [0.717, 1.165) is 27.5 Å². The van der Waals surface area contributed by atoms with E-state index in [4.69, 9.17) is 4.42 Å². The van der Waals surface area contributed by atoms with E-state index in [1.807, 2.05) is 49.4 Å². The van der Waals surface area contributed by atoms with Crippen molar-refractivity contribution in [2.45, 2.75) is 6.92 Å². The highest BCUT2D eigenvalue weighted by Gasteiger charge is 2.09. The Balaban J connectivity index is 1.96. The average molecular weight is 340 g/mol. The zero-order valence-electron chi connectivity index (χ0n) is 14.0. The van der Waals surface area contributed by atoms with Crippen molar-refractivity contribution >= 4 is 23.2 Å². The van der Waals surface area contributed by atoms with E-state index in [1.165, 1.54) is 0 Å². The van der Waals surface area contributed by atoms with Crippen molar-refractivity contribution in [1.29, 1.82) is 0 Å². The third-order valence-corrected chi connectivity index (χ3v) is 4.34. The molecule has 3 rings (SSSR count). The van der Waals surface area contributed by atoms with Gasteiger partial charge in [0, 0.05) is 31.7 Å². The maximum Gasteiger partial charge on any atom is 0.206 e. The van der Waals surface area contributed by atoms with Crippen LogP contribution in [0, 0.1) is 0 Å². The van der Waals surface area contributed by atoms with Gasteiger partial charge in [-0.2, -0.15) is 5.10 Å². The summed E-state index contributed by atoms with van der Waals surface area (Å²) in [6, 6.07) is 12.0. The van der Waals surface area contributed by atoms with Crippen LogP contribution in [-0.4, -0.2) is 31.5 Å². The highest BCUT2D eigenvalue weighted by Crippen LogP contribution is 2.20. The van der Waals surface area contributed by atoms with Crippen molar-refractivity contribution < 1.29 is 4.42 Å². The molecule has 0 saturated carbocycles. The lowest BCUT2D eigenvalue weighted by atomic mass is 10.2. The molecule has 0 aliphatic rings. The van der Waals surface area contributed by atoms with Gasteiger partial charge in [-0.3, -0.25) is 4.99 Å². The van der Waals surface area contributed by atoms with Crippen LogP contribution in [-0.2, 0) is 0 Å². The summed E-state index contributed by atoms with van der Waals surface area (Å²) >= 11 is 1.56. The zero-order valence-corrected chi connectivity index (χ0v) is 14.8. The van der Waals surface area contributed by atoms with Gasteiger partial charge in [0.15, 0.2) is 5.76 Å². The molecule has 2 heterocycles. The summed E-state index contributed by atoms with van der Waals surface area (Å²) in [4.78, 5) is 7.43. The minimum Gasteiger partial charge on any atom is -0.463 e. The molecule has 1 aromatic carbocycles. The second-order valence-corrected chi connectivity index (χ2v) is 6.23. The summed E-state index contributed by atoms with van der Waals surface area (Å²) < 4.78 is 7.34. The van der Waals surface area contributed by atoms with E-state index in [0.29, 0.717) is 6.54 Å². The van der Waals surface area contributed by atoms with Crippen molar-refractivity contribution in [2.75, 3.05) is 25.5 Å². The Morgan fingerprint density at radius 2 is 2.00 bits per heavy atom. The molecule has 0 radical (unpaired) electrons. The fourth-order valence-electron chi connectivity index (χ4n) is 2.23. The number of furan rings is 1. The van der Waals surface area contributed by atoms with E-state index in [-0.39, 0.29) is 0 Å². The molecule has 0 spiro atoms. The van der Waals surface area contributed by atoms with Crippen LogP contribution < -0.4 is 9.70 Å². The molecule has 2 aromatic heterocycles. The van der Waals surface area contributed by atoms with Crippen molar-refractivity contribution in [3.8, 4) is 11.5 Å². The first-order chi connectivity index (χ1) is 11.7. The minimum atomic E-state index is 0.713. The lowest BCUT2D eigenvalue weighted by Crippen LogP contribution is -2.12. The second-order valence-electron chi connectivity index (χ2n) is 5.40. The smallest absolute Gasteiger partial charge is 0.206 e. The van der Waals surface area contributed by atoms with Crippen LogP contribution in [0.15, 0.2) is 62.6 Å². The molecule has 0 saturated heterocycles. The number of hydrogen-bond acceptors (Lipinski definition) is 5. The molecule has 6 heteroatoms. The van der Waals surface area contributed by atoms with Crippen molar-refractivity contribution in [3.63, 3.8) is 0 Å². The van der Waals surface area contributed by atoms with E-state index in [9.17, 15) is 0 Å². The van der Waals surface area contributed by atoms with Gasteiger partial charge in [0.1, 0.15) is 5.69 Å². The predicted molar refractivity (Wildman–Crippen MR) is 99.9 cm³/mol. The predicted octanol–water partition coefficient (Wildman–Crippen LogP) is 3.68. The average Bonchev–Trinajstić information content (AvgIpc) is 3.23. The number of anilines is 1. The molecule has 0 fully saturated rings. The maximum atomic E-state index is 5.51. The molecule has 0 atom stereocenters. The molecule has 0 aliphatic heterocycles. The maximum absolute atomic E-state index is 5.51. The zero-order chi connectivity index (χ0) is 16.9. The standard InChI is InChI=1S/C18H20N4OS/c1-4-19-18-22(16(13-24-18)17-6-5-11-23-17)20-12-14-7-9-15(10-8-14)21(2)3/h5-13H,4H2,1-3H3. The third kappa shape index (κ3) is 3.49. The second kappa shape index (κ2) is 7.31. The van der Waals surface area contributed by atoms with Crippen LogP contribution in [0.3, 0.4) is 0 Å². The quantitative estimate of drug-likeness (QED) is 0.665. The van der Waals surface area contributed by atoms with Gasteiger partial charge in [-0.25, -0.2) is 4.68 Å². The summed E-state index contributed by atoms with van der Waals surface area (Å²) in [6.45, 7) is 2.73. The first-order valence-electron chi connectivity index (χ1n) is 7.75. The van der Waals surface area contributed by atoms with Crippen molar-refractivity contribution in [1.82, 2.24) is 4.68 Å². The number of thiazole rings is 1. The lowest BCUT2D eigenvalue weighted by Gasteiger charge is -2.11. The van der Waals surface area contributed by atoms with E-state index in [2.05, 4.69) is 39.3 Å². The summed E-state index contributed by atoms with van der Waals surface area (Å²) in [7, 11) is 4.05. The van der Waals surface area contributed by atoms with Gasteiger partial charge >= 0.3 is 0 Å². The highest BCUT2D eigenvalue weighted by atomic mass is 32.1. The van der Waals surface area contributed by atoms with Crippen LogP contribution in [0.2, 0.25) is 0 Å². The largest absolute Gasteiger partial charge is 0.463 e. The first kappa shape index (κ1) is 16.3. The van der Waals surface area contributed by atoms with Crippen LogP contribution in [0.4, 0.5) is 5.69 Å². The molecule has 24 heavy (non-hydrogen) atoms. The number of nitrogens with zero attached hydrogens (tertiary/aromatic N) is 4. The molecule has 0 unspecified atom stereocenters. The Hall–Kier alpha value is -2.60. The van der Waals surface area contributed by atoms with Gasteiger partial charge in [-0.1, -0.05) is 12.1 Å². The summed E-state index contributed by atoms with van der Waals surface area (Å²) in [5.74, 6) is 0.781. The van der Waals surface area contributed by atoms with E-state index >= 15 is 0 Å². The van der Waals surface area contributed by atoms with Crippen LogP contribution in [0.25, 0.3) is 11.5 Å². The van der Waals surface area contributed by atoms with Gasteiger partial charge in [-0.05, 0) is 36.8 Å². The summed E-state index contributed by atoms with van der Waals surface area (Å²) in [5, 5.41) is 6.63. The Labute approximate surface area is 145 Å².